The molecule has 1 aromatic rings. The topological polar surface area (TPSA) is 24.9 Å². The molecule has 3 heteroatoms. The quantitative estimate of drug-likeness (QED) is 0.801. The van der Waals surface area contributed by atoms with E-state index in [1.54, 1.807) is 12.4 Å². The maximum atomic E-state index is 5.40. The molecule has 70 valence electrons. The van der Waals surface area contributed by atoms with E-state index in [4.69, 9.17) is 11.6 Å². The average Bonchev–Trinajstić information content (AvgIpc) is 2.19. The van der Waals surface area contributed by atoms with E-state index >= 15 is 0 Å². The lowest BCUT2D eigenvalue weighted by Gasteiger charge is -2.11. The van der Waals surface area contributed by atoms with E-state index in [2.05, 4.69) is 17.2 Å². The van der Waals surface area contributed by atoms with Crippen LogP contribution in [0.15, 0.2) is 36.1 Å². The third-order valence-corrected chi connectivity index (χ3v) is 2.02. The summed E-state index contributed by atoms with van der Waals surface area (Å²) in [6, 6.07) is 4.33. The summed E-state index contributed by atoms with van der Waals surface area (Å²) < 4.78 is 0. The zero-order valence-corrected chi connectivity index (χ0v) is 8.33. The van der Waals surface area contributed by atoms with Crippen LogP contribution in [0.4, 0.5) is 0 Å². The Bertz CT molecular complexity index is 259. The van der Waals surface area contributed by atoms with E-state index in [1.807, 2.05) is 18.2 Å². The van der Waals surface area contributed by atoms with Crippen molar-refractivity contribution in [3.8, 4) is 0 Å². The summed E-state index contributed by atoms with van der Waals surface area (Å²) in [7, 11) is 0. The standard InChI is InChI=1S/C10H13ClN2/c1-9(13-6-2-5-11)10-3-7-12-8-4-10/h2-5,7-9,13H,6H2,1H3/b5-2+/t9-/m0/s1. The van der Waals surface area contributed by atoms with Crippen LogP contribution in [-0.2, 0) is 0 Å². The Labute approximate surface area is 83.6 Å². The van der Waals surface area contributed by atoms with Crippen molar-refractivity contribution < 1.29 is 0 Å². The summed E-state index contributed by atoms with van der Waals surface area (Å²) in [6.07, 6.45) is 5.47. The van der Waals surface area contributed by atoms with Crippen molar-refractivity contribution in [2.75, 3.05) is 6.54 Å². The number of rotatable bonds is 4. The van der Waals surface area contributed by atoms with Crippen molar-refractivity contribution in [3.05, 3.63) is 41.7 Å². The van der Waals surface area contributed by atoms with Crippen LogP contribution < -0.4 is 5.32 Å². The van der Waals surface area contributed by atoms with E-state index in [1.165, 1.54) is 11.1 Å². The number of pyridine rings is 1. The van der Waals surface area contributed by atoms with Gasteiger partial charge in [-0.05, 0) is 24.6 Å². The molecule has 1 atom stereocenters. The highest BCUT2D eigenvalue weighted by Crippen LogP contribution is 2.09. The third kappa shape index (κ3) is 3.57. The lowest BCUT2D eigenvalue weighted by Crippen LogP contribution is -2.18. The fourth-order valence-electron chi connectivity index (χ4n) is 1.06. The van der Waals surface area contributed by atoms with Crippen LogP contribution in [0.5, 0.6) is 0 Å². The van der Waals surface area contributed by atoms with Crippen molar-refractivity contribution in [1.29, 1.82) is 0 Å². The second-order valence-corrected chi connectivity index (χ2v) is 3.02. The first kappa shape index (κ1) is 10.2. The first-order valence-corrected chi connectivity index (χ1v) is 4.66. The van der Waals surface area contributed by atoms with Gasteiger partial charge in [-0.3, -0.25) is 4.98 Å². The molecule has 0 spiro atoms. The molecule has 1 aromatic heterocycles. The largest absolute Gasteiger partial charge is 0.307 e. The van der Waals surface area contributed by atoms with Crippen molar-refractivity contribution in [2.45, 2.75) is 13.0 Å². The van der Waals surface area contributed by atoms with Crippen LogP contribution in [0.2, 0.25) is 0 Å². The first-order valence-electron chi connectivity index (χ1n) is 4.23. The van der Waals surface area contributed by atoms with Gasteiger partial charge in [-0.2, -0.15) is 0 Å². The van der Waals surface area contributed by atoms with Gasteiger partial charge in [-0.25, -0.2) is 0 Å². The molecule has 0 saturated carbocycles. The number of nitrogens with one attached hydrogen (secondary N) is 1. The van der Waals surface area contributed by atoms with Crippen molar-refractivity contribution >= 4 is 11.6 Å². The zero-order chi connectivity index (χ0) is 9.52. The molecule has 2 nitrogen and oxygen atoms in total. The lowest BCUT2D eigenvalue weighted by atomic mass is 10.1. The molecule has 0 bridgehead atoms. The highest BCUT2D eigenvalue weighted by molar-refractivity contribution is 6.25. The van der Waals surface area contributed by atoms with Gasteiger partial charge in [0.05, 0.1) is 0 Å². The number of hydrogen-bond acceptors (Lipinski definition) is 2. The van der Waals surface area contributed by atoms with Crippen LogP contribution in [0.3, 0.4) is 0 Å². The average molecular weight is 197 g/mol. The number of halogens is 1. The van der Waals surface area contributed by atoms with E-state index in [0.29, 0.717) is 6.04 Å². The van der Waals surface area contributed by atoms with Crippen LogP contribution in [0, 0.1) is 0 Å². The molecule has 0 amide bonds. The first-order chi connectivity index (χ1) is 6.34. The minimum Gasteiger partial charge on any atom is -0.307 e. The summed E-state index contributed by atoms with van der Waals surface area (Å²) in [5.74, 6) is 0. The molecule has 0 fully saturated rings. The summed E-state index contributed by atoms with van der Waals surface area (Å²) >= 11 is 5.40. The molecule has 0 aliphatic rings. The molecule has 1 heterocycles. The smallest absolute Gasteiger partial charge is 0.0295 e. The van der Waals surface area contributed by atoms with Crippen LogP contribution in [-0.4, -0.2) is 11.5 Å². The van der Waals surface area contributed by atoms with Crippen LogP contribution in [0.25, 0.3) is 0 Å². The Morgan fingerprint density at radius 3 is 2.85 bits per heavy atom. The Morgan fingerprint density at radius 1 is 1.54 bits per heavy atom. The molecular formula is C10H13ClN2. The van der Waals surface area contributed by atoms with Gasteiger partial charge < -0.3 is 5.32 Å². The molecule has 0 unspecified atom stereocenters. The fraction of sp³-hybridized carbons (Fsp3) is 0.300. The predicted molar refractivity (Wildman–Crippen MR) is 55.6 cm³/mol. The third-order valence-electron chi connectivity index (χ3n) is 1.84. The van der Waals surface area contributed by atoms with E-state index < -0.39 is 0 Å². The second kappa shape index (κ2) is 5.73. The molecule has 0 radical (unpaired) electrons. The van der Waals surface area contributed by atoms with Crippen molar-refractivity contribution in [3.63, 3.8) is 0 Å². The van der Waals surface area contributed by atoms with E-state index in [9.17, 15) is 0 Å². The van der Waals surface area contributed by atoms with Gasteiger partial charge >= 0.3 is 0 Å². The monoisotopic (exact) mass is 196 g/mol. The minimum atomic E-state index is 0.330. The predicted octanol–water partition coefficient (Wildman–Crippen LogP) is 2.48. The fourth-order valence-corrected chi connectivity index (χ4v) is 1.15. The molecule has 1 rings (SSSR count). The Kier molecular flexibility index (Phi) is 4.50. The maximum absolute atomic E-state index is 5.40. The SMILES string of the molecule is C[C@H](NC/C=C/Cl)c1ccncc1. The molecule has 0 aromatic carbocycles. The Hall–Kier alpha value is -0.860. The Morgan fingerprint density at radius 2 is 2.23 bits per heavy atom. The molecule has 0 aliphatic heterocycles. The molecule has 13 heavy (non-hydrogen) atoms. The second-order valence-electron chi connectivity index (χ2n) is 2.77. The van der Waals surface area contributed by atoms with Gasteiger partial charge in [-0.15, -0.1) is 0 Å². The summed E-state index contributed by atoms with van der Waals surface area (Å²) in [5, 5.41) is 3.30. The van der Waals surface area contributed by atoms with Gasteiger partial charge in [0.2, 0.25) is 0 Å². The lowest BCUT2D eigenvalue weighted by molar-refractivity contribution is 0.617. The van der Waals surface area contributed by atoms with Gasteiger partial charge in [0.25, 0.3) is 0 Å². The summed E-state index contributed by atoms with van der Waals surface area (Å²) in [5.41, 5.74) is 2.75. The zero-order valence-electron chi connectivity index (χ0n) is 7.57. The number of aromatic nitrogens is 1. The number of hydrogen-bond donors (Lipinski definition) is 1. The molecule has 1 N–H and O–H groups in total. The van der Waals surface area contributed by atoms with E-state index in [0.717, 1.165) is 6.54 Å². The van der Waals surface area contributed by atoms with Crippen LogP contribution in [0.1, 0.15) is 18.5 Å². The van der Waals surface area contributed by atoms with Gasteiger partial charge in [-0.1, -0.05) is 17.7 Å². The van der Waals surface area contributed by atoms with Crippen molar-refractivity contribution in [1.82, 2.24) is 10.3 Å². The van der Waals surface area contributed by atoms with E-state index in [-0.39, 0.29) is 0 Å². The highest BCUT2D eigenvalue weighted by atomic mass is 35.5. The Balaban J connectivity index is 2.44. The molecule has 0 aliphatic carbocycles. The van der Waals surface area contributed by atoms with Gasteiger partial charge in [0, 0.05) is 30.5 Å². The van der Waals surface area contributed by atoms with Gasteiger partial charge in [0.15, 0.2) is 0 Å². The molecule has 0 saturated heterocycles. The minimum absolute atomic E-state index is 0.330. The maximum Gasteiger partial charge on any atom is 0.0295 e. The summed E-state index contributed by atoms with van der Waals surface area (Å²) in [6.45, 7) is 2.89. The molecular weight excluding hydrogens is 184 g/mol. The van der Waals surface area contributed by atoms with Crippen molar-refractivity contribution in [2.24, 2.45) is 0 Å². The summed E-state index contributed by atoms with van der Waals surface area (Å²) in [4.78, 5) is 3.96. The number of nitrogens with zero attached hydrogens (tertiary/aromatic N) is 1. The van der Waals surface area contributed by atoms with Gasteiger partial charge in [0.1, 0.15) is 0 Å². The van der Waals surface area contributed by atoms with Crippen LogP contribution >= 0.6 is 11.6 Å². The normalized spacial score (nSPS) is 13.4. The highest BCUT2D eigenvalue weighted by Gasteiger charge is 2.01.